The van der Waals surface area contributed by atoms with Gasteiger partial charge in [-0.2, -0.15) is 0 Å². The first-order chi connectivity index (χ1) is 17.2. The van der Waals surface area contributed by atoms with Gasteiger partial charge in [0, 0.05) is 43.1 Å². The Morgan fingerprint density at radius 2 is 2.14 bits per heavy atom. The topological polar surface area (TPSA) is 100 Å². The molecule has 4 N–H and O–H groups in total. The zero-order valence-electron chi connectivity index (χ0n) is 19.5. The Labute approximate surface area is 202 Å². The number of para-hydroxylation sites is 1. The third-order valence-corrected chi connectivity index (χ3v) is 6.31. The van der Waals surface area contributed by atoms with Crippen LogP contribution < -0.4 is 20.7 Å². The average Bonchev–Trinajstić information content (AvgIpc) is 3.24. The fourth-order valence-corrected chi connectivity index (χ4v) is 4.60. The molecule has 2 aliphatic heterocycles. The summed E-state index contributed by atoms with van der Waals surface area (Å²) in [4.78, 5) is 21.0. The summed E-state index contributed by atoms with van der Waals surface area (Å²) < 4.78 is 25.6. The number of methoxy groups -OCH3 is 1. The summed E-state index contributed by atoms with van der Waals surface area (Å²) in [5.41, 5.74) is 4.74. The number of amides is 1. The lowest BCUT2D eigenvalue weighted by molar-refractivity contribution is 0.0932. The van der Waals surface area contributed by atoms with Crippen molar-refractivity contribution in [1.82, 2.24) is 15.3 Å². The molecule has 0 aliphatic carbocycles. The van der Waals surface area contributed by atoms with Crippen LogP contribution in [0.5, 0.6) is 5.75 Å². The van der Waals surface area contributed by atoms with Gasteiger partial charge in [0.1, 0.15) is 0 Å². The van der Waals surface area contributed by atoms with Gasteiger partial charge in [-0.15, -0.1) is 0 Å². The number of aromatic amines is 1. The van der Waals surface area contributed by atoms with Crippen LogP contribution in [-0.4, -0.2) is 49.3 Å². The highest BCUT2D eigenvalue weighted by Gasteiger charge is 2.33. The summed E-state index contributed by atoms with van der Waals surface area (Å²) in [6.45, 7) is 2.33. The Kier molecular flexibility index (Phi) is 6.67. The lowest BCUT2D eigenvalue weighted by Crippen LogP contribution is -2.35. The van der Waals surface area contributed by atoms with E-state index in [0.29, 0.717) is 43.2 Å². The minimum absolute atomic E-state index is 0.0405. The summed E-state index contributed by atoms with van der Waals surface area (Å²) in [5.74, 6) is -0.558. The number of fused-ring (bicyclic) bond motifs is 3. The van der Waals surface area contributed by atoms with Gasteiger partial charge in [-0.1, -0.05) is 18.2 Å². The number of benzene rings is 1. The van der Waals surface area contributed by atoms with Crippen molar-refractivity contribution in [2.75, 3.05) is 44.0 Å². The molecule has 8 nitrogen and oxygen atoms in total. The van der Waals surface area contributed by atoms with E-state index in [9.17, 15) is 9.18 Å². The molecule has 2 aromatic heterocycles. The highest BCUT2D eigenvalue weighted by molar-refractivity contribution is 6.07. The number of H-pyrrole nitrogens is 1. The van der Waals surface area contributed by atoms with Crippen molar-refractivity contribution in [3.63, 3.8) is 0 Å². The van der Waals surface area contributed by atoms with Crippen LogP contribution in [-0.2, 0) is 4.74 Å². The molecule has 182 valence electrons. The summed E-state index contributed by atoms with van der Waals surface area (Å²) in [6.07, 6.45) is 9.18. The molecule has 3 aromatic rings. The number of pyridine rings is 1. The second kappa shape index (κ2) is 10.2. The van der Waals surface area contributed by atoms with E-state index in [4.69, 9.17) is 9.47 Å². The number of aromatic nitrogens is 2. The van der Waals surface area contributed by atoms with E-state index >= 15 is 0 Å². The van der Waals surface area contributed by atoms with E-state index in [2.05, 4.69) is 32.0 Å². The van der Waals surface area contributed by atoms with Gasteiger partial charge in [0.05, 0.1) is 48.2 Å². The number of nitrogens with one attached hydrogen (secondary N) is 4. The molecule has 1 aromatic carbocycles. The van der Waals surface area contributed by atoms with Gasteiger partial charge in [0.15, 0.2) is 11.6 Å². The van der Waals surface area contributed by atoms with Gasteiger partial charge in [-0.3, -0.25) is 9.78 Å². The average molecular weight is 478 g/mol. The first-order valence-corrected chi connectivity index (χ1v) is 11.7. The van der Waals surface area contributed by atoms with Crippen LogP contribution in [0, 0.1) is 5.82 Å². The molecule has 0 saturated heterocycles. The summed E-state index contributed by atoms with van der Waals surface area (Å²) >= 11 is 0. The molecule has 35 heavy (non-hydrogen) atoms. The van der Waals surface area contributed by atoms with Crippen LogP contribution in [0.25, 0.3) is 11.3 Å². The number of ether oxygens (including phenoxy) is 2. The predicted molar refractivity (Wildman–Crippen MR) is 133 cm³/mol. The fraction of sp³-hybridized carbons (Fsp3) is 0.308. The first-order valence-electron chi connectivity index (χ1n) is 11.7. The van der Waals surface area contributed by atoms with Crippen LogP contribution in [0.4, 0.5) is 21.5 Å². The Bertz CT molecular complexity index is 1260. The van der Waals surface area contributed by atoms with Crippen molar-refractivity contribution >= 4 is 23.0 Å². The minimum Gasteiger partial charge on any atom is -0.492 e. The number of halogens is 1. The Morgan fingerprint density at radius 3 is 3.03 bits per heavy atom. The van der Waals surface area contributed by atoms with Gasteiger partial charge < -0.3 is 30.4 Å². The molecule has 4 heterocycles. The predicted octanol–water partition coefficient (Wildman–Crippen LogP) is 4.57. The van der Waals surface area contributed by atoms with Crippen LogP contribution in [0.15, 0.2) is 48.8 Å². The van der Waals surface area contributed by atoms with E-state index in [0.717, 1.165) is 35.5 Å². The van der Waals surface area contributed by atoms with E-state index in [-0.39, 0.29) is 17.6 Å². The Balaban J connectivity index is 1.68. The fourth-order valence-electron chi connectivity index (χ4n) is 4.60. The Hall–Kier alpha value is -3.85. The number of carbonyl (C=O) groups is 1. The molecule has 9 heteroatoms. The van der Waals surface area contributed by atoms with Crippen molar-refractivity contribution in [2.45, 2.75) is 18.8 Å². The third kappa shape index (κ3) is 4.59. The molecule has 5 rings (SSSR count). The highest BCUT2D eigenvalue weighted by atomic mass is 19.1. The van der Waals surface area contributed by atoms with Gasteiger partial charge in [-0.05, 0) is 31.0 Å². The van der Waals surface area contributed by atoms with Gasteiger partial charge in [0.25, 0.3) is 5.91 Å². The molecule has 1 atom stereocenters. The first kappa shape index (κ1) is 22.9. The van der Waals surface area contributed by atoms with Crippen LogP contribution in [0.3, 0.4) is 0 Å². The normalized spacial score (nSPS) is 18.8. The molecule has 0 saturated carbocycles. The number of anilines is 3. The molecule has 0 radical (unpaired) electrons. The Morgan fingerprint density at radius 1 is 1.23 bits per heavy atom. The number of nitrogens with zero attached hydrogens (tertiary/aromatic N) is 1. The van der Waals surface area contributed by atoms with Gasteiger partial charge in [0.2, 0.25) is 0 Å². The zero-order valence-corrected chi connectivity index (χ0v) is 19.5. The van der Waals surface area contributed by atoms with Gasteiger partial charge >= 0.3 is 0 Å². The maximum Gasteiger partial charge on any atom is 0.255 e. The van der Waals surface area contributed by atoms with Crippen molar-refractivity contribution in [3.05, 3.63) is 65.9 Å². The van der Waals surface area contributed by atoms with E-state index < -0.39 is 5.82 Å². The van der Waals surface area contributed by atoms with Crippen molar-refractivity contribution in [1.29, 1.82) is 0 Å². The number of hydrogen-bond acceptors (Lipinski definition) is 6. The zero-order chi connectivity index (χ0) is 24.2. The monoisotopic (exact) mass is 477 g/mol. The second-order valence-electron chi connectivity index (χ2n) is 8.49. The summed E-state index contributed by atoms with van der Waals surface area (Å²) in [6, 6.07) is 6.56. The molecule has 0 spiro atoms. The molecule has 2 aliphatic rings. The molecule has 1 amide bonds. The molecule has 0 unspecified atom stereocenters. The van der Waals surface area contributed by atoms with Crippen molar-refractivity contribution in [2.24, 2.45) is 0 Å². The molecule has 0 fully saturated rings. The quantitative estimate of drug-likeness (QED) is 0.412. The lowest BCUT2D eigenvalue weighted by atomic mass is 9.93. The van der Waals surface area contributed by atoms with Gasteiger partial charge in [-0.25, -0.2) is 4.39 Å². The standard InChI is InChI=1S/C26H28FN5O3/c1-34-25-18(27)6-5-7-19(25)31-24-21-22-16(14-30-26(21)33)9-13-35-12-4-2-3-10-29-20-15-28-11-8-17(20)23(24)32-22/h2,4-8,11,15-16,29,31-32H,3,9-10,12-14H2,1H3,(H,30,33)/b4-2+/t16-/m0/s1. The number of hydrogen-bond donors (Lipinski definition) is 4. The molecular formula is C26H28FN5O3. The lowest BCUT2D eigenvalue weighted by Gasteiger charge is -2.24. The van der Waals surface area contributed by atoms with E-state index in [1.165, 1.54) is 13.2 Å². The largest absolute Gasteiger partial charge is 0.492 e. The maximum absolute atomic E-state index is 14.5. The number of rotatable bonds is 3. The van der Waals surface area contributed by atoms with E-state index in [1.807, 2.05) is 12.1 Å². The maximum atomic E-state index is 14.5. The minimum atomic E-state index is -0.489. The van der Waals surface area contributed by atoms with Crippen LogP contribution in [0.2, 0.25) is 0 Å². The smallest absolute Gasteiger partial charge is 0.255 e. The van der Waals surface area contributed by atoms with Crippen LogP contribution in [0.1, 0.15) is 34.8 Å². The van der Waals surface area contributed by atoms with Crippen molar-refractivity contribution in [3.8, 4) is 17.0 Å². The second-order valence-corrected chi connectivity index (χ2v) is 8.49. The SMILES string of the molecule is COc1c(F)cccc1Nc1c2[nH]c3c1C(=O)NC[C@@H]3CCOC/C=C/CCNc1cnccc1-2. The third-order valence-electron chi connectivity index (χ3n) is 6.31. The highest BCUT2D eigenvalue weighted by Crippen LogP contribution is 2.43. The van der Waals surface area contributed by atoms with Crippen LogP contribution >= 0.6 is 0 Å². The summed E-state index contributed by atoms with van der Waals surface area (Å²) in [5, 5.41) is 9.76. The summed E-state index contributed by atoms with van der Waals surface area (Å²) in [7, 11) is 1.42. The number of carbonyl (C=O) groups excluding carboxylic acids is 1. The molecule has 2 bridgehead atoms. The van der Waals surface area contributed by atoms with Crippen molar-refractivity contribution < 1.29 is 18.7 Å². The van der Waals surface area contributed by atoms with E-state index in [1.54, 1.807) is 24.5 Å². The molecular weight excluding hydrogens is 449 g/mol.